The van der Waals surface area contributed by atoms with Crippen LogP contribution in [0.4, 0.5) is 0 Å². The van der Waals surface area contributed by atoms with E-state index in [2.05, 4.69) is 46.5 Å². The molecule has 1 aliphatic heterocycles. The number of esters is 2. The molecular weight excluding hydrogens is 360 g/mol. The zero-order valence-electron chi connectivity index (χ0n) is 17.7. The van der Waals surface area contributed by atoms with E-state index in [-0.39, 0.29) is 35.4 Å². The number of carbonyl (C=O) groups excluding carboxylic acids is 2. The molecule has 1 aliphatic carbocycles. The monoisotopic (exact) mass is 394 g/mol. The second-order valence-electron chi connectivity index (χ2n) is 9.11. The molecule has 6 heteroatoms. The number of carbonyl (C=O) groups is 2. The molecule has 0 bridgehead atoms. The van der Waals surface area contributed by atoms with E-state index in [0.717, 1.165) is 5.57 Å². The van der Waals surface area contributed by atoms with Gasteiger partial charge in [-0.3, -0.25) is 9.59 Å². The molecule has 1 heterocycles. The maximum atomic E-state index is 12.8. The summed E-state index contributed by atoms with van der Waals surface area (Å²) in [4.78, 5) is 25.4. The Labute approximate surface area is 164 Å². The fourth-order valence-corrected chi connectivity index (χ4v) is 4.73. The standard InChI is InChI=1S/C21H34O5Si/c1-9-16-14-11-13(3)15(12-25-27(7,8)21(4,5)6)18(19(22)24-10-2)17(14)20(23)26-16/h9,11,14-18H,1,10,12H2,2-8H3/t14-,15-,16-,17-,18-/m1/s1. The maximum absolute atomic E-state index is 12.8. The second kappa shape index (κ2) is 7.92. The molecule has 0 spiro atoms. The van der Waals surface area contributed by atoms with E-state index in [9.17, 15) is 9.59 Å². The third-order valence-corrected chi connectivity index (χ3v) is 10.9. The van der Waals surface area contributed by atoms with Crippen LogP contribution in [0.3, 0.4) is 0 Å². The highest BCUT2D eigenvalue weighted by atomic mass is 28.4. The maximum Gasteiger partial charge on any atom is 0.311 e. The van der Waals surface area contributed by atoms with Gasteiger partial charge < -0.3 is 13.9 Å². The van der Waals surface area contributed by atoms with Crippen molar-refractivity contribution < 1.29 is 23.5 Å². The van der Waals surface area contributed by atoms with Crippen LogP contribution in [0.2, 0.25) is 18.1 Å². The summed E-state index contributed by atoms with van der Waals surface area (Å²) in [6.07, 6.45) is 3.31. The SMILES string of the molecule is C=C[C@H]1OC(=O)[C@@H]2[C@@H]1C=C(C)[C@@H](CO[Si](C)(C)C(C)(C)C)[C@H]2C(=O)OCC. The van der Waals surface area contributed by atoms with Crippen LogP contribution in [0, 0.1) is 23.7 Å². The predicted molar refractivity (Wildman–Crippen MR) is 108 cm³/mol. The summed E-state index contributed by atoms with van der Waals surface area (Å²) in [6.45, 7) is 19.2. The highest BCUT2D eigenvalue weighted by molar-refractivity contribution is 6.74. The van der Waals surface area contributed by atoms with E-state index in [1.807, 2.05) is 6.92 Å². The Morgan fingerprint density at radius 1 is 1.37 bits per heavy atom. The van der Waals surface area contributed by atoms with Crippen LogP contribution in [0.1, 0.15) is 34.6 Å². The Bertz CT molecular complexity index is 631. The lowest BCUT2D eigenvalue weighted by atomic mass is 9.67. The smallest absolute Gasteiger partial charge is 0.311 e. The van der Waals surface area contributed by atoms with Crippen LogP contribution < -0.4 is 0 Å². The van der Waals surface area contributed by atoms with Gasteiger partial charge in [0.05, 0.1) is 18.4 Å². The molecule has 1 fully saturated rings. The quantitative estimate of drug-likeness (QED) is 0.385. The zero-order valence-corrected chi connectivity index (χ0v) is 18.7. The van der Waals surface area contributed by atoms with E-state index < -0.39 is 26.3 Å². The minimum atomic E-state index is -1.98. The van der Waals surface area contributed by atoms with Crippen molar-refractivity contribution in [3.05, 3.63) is 24.3 Å². The first kappa shape index (κ1) is 21.9. The van der Waals surface area contributed by atoms with Crippen LogP contribution in [0.15, 0.2) is 24.3 Å². The zero-order chi connectivity index (χ0) is 20.6. The van der Waals surface area contributed by atoms with Crippen molar-refractivity contribution in [1.29, 1.82) is 0 Å². The summed E-state index contributed by atoms with van der Waals surface area (Å²) in [5, 5.41) is 0.0709. The van der Waals surface area contributed by atoms with Crippen molar-refractivity contribution in [1.82, 2.24) is 0 Å². The second-order valence-corrected chi connectivity index (χ2v) is 13.9. The molecule has 0 aromatic rings. The molecule has 27 heavy (non-hydrogen) atoms. The number of hydrogen-bond acceptors (Lipinski definition) is 5. The third kappa shape index (κ3) is 4.21. The lowest BCUT2D eigenvalue weighted by Gasteiger charge is -2.40. The highest BCUT2D eigenvalue weighted by Gasteiger charge is 2.55. The Balaban J connectivity index is 2.36. The van der Waals surface area contributed by atoms with Gasteiger partial charge >= 0.3 is 11.9 Å². The number of rotatable bonds is 6. The van der Waals surface area contributed by atoms with Crippen molar-refractivity contribution in [2.24, 2.45) is 23.7 Å². The van der Waals surface area contributed by atoms with Crippen LogP contribution >= 0.6 is 0 Å². The summed E-state index contributed by atoms with van der Waals surface area (Å²) in [5.41, 5.74) is 1.05. The van der Waals surface area contributed by atoms with E-state index in [4.69, 9.17) is 13.9 Å². The van der Waals surface area contributed by atoms with Crippen LogP contribution in [-0.4, -0.2) is 39.6 Å². The molecule has 5 nitrogen and oxygen atoms in total. The average Bonchev–Trinajstić information content (AvgIpc) is 2.87. The Kier molecular flexibility index (Phi) is 6.42. The molecule has 0 saturated carbocycles. The molecule has 1 saturated heterocycles. The summed E-state index contributed by atoms with van der Waals surface area (Å²) >= 11 is 0. The number of ether oxygens (including phenoxy) is 2. The largest absolute Gasteiger partial charge is 0.466 e. The molecule has 0 aromatic carbocycles. The van der Waals surface area contributed by atoms with Crippen molar-refractivity contribution in [3.63, 3.8) is 0 Å². The van der Waals surface area contributed by atoms with Gasteiger partial charge in [-0.05, 0) is 32.0 Å². The highest BCUT2D eigenvalue weighted by Crippen LogP contribution is 2.47. The number of hydrogen-bond donors (Lipinski definition) is 0. The van der Waals surface area contributed by atoms with Crippen molar-refractivity contribution in [2.75, 3.05) is 13.2 Å². The molecule has 5 atom stereocenters. The van der Waals surface area contributed by atoms with Gasteiger partial charge in [0.2, 0.25) is 0 Å². The first-order valence-corrected chi connectivity index (χ1v) is 12.7. The topological polar surface area (TPSA) is 61.8 Å². The van der Waals surface area contributed by atoms with Gasteiger partial charge in [-0.1, -0.05) is 45.1 Å². The number of cyclic esters (lactones) is 1. The van der Waals surface area contributed by atoms with Crippen LogP contribution in [-0.2, 0) is 23.5 Å². The molecule has 0 N–H and O–H groups in total. The van der Waals surface area contributed by atoms with Crippen LogP contribution in [0.5, 0.6) is 0 Å². The fraction of sp³-hybridized carbons (Fsp3) is 0.714. The molecule has 0 aromatic heterocycles. The minimum Gasteiger partial charge on any atom is -0.466 e. The van der Waals surface area contributed by atoms with Gasteiger partial charge in [-0.2, -0.15) is 0 Å². The van der Waals surface area contributed by atoms with E-state index >= 15 is 0 Å². The van der Waals surface area contributed by atoms with Crippen molar-refractivity contribution >= 4 is 20.3 Å². The summed E-state index contributed by atoms with van der Waals surface area (Å²) < 4.78 is 17.2. The van der Waals surface area contributed by atoms with Gasteiger partial charge in [0.25, 0.3) is 0 Å². The Morgan fingerprint density at radius 3 is 2.52 bits per heavy atom. The first-order valence-electron chi connectivity index (χ1n) is 9.76. The molecule has 0 unspecified atom stereocenters. The van der Waals surface area contributed by atoms with Crippen molar-refractivity contribution in [2.45, 2.75) is 58.9 Å². The van der Waals surface area contributed by atoms with E-state index in [0.29, 0.717) is 6.61 Å². The molecule has 2 rings (SSSR count). The Hall–Kier alpha value is -1.40. The lowest BCUT2D eigenvalue weighted by Crippen LogP contribution is -2.47. The summed E-state index contributed by atoms with van der Waals surface area (Å²) in [5.74, 6) is -2.16. The summed E-state index contributed by atoms with van der Waals surface area (Å²) in [6, 6.07) is 0. The number of fused-ring (bicyclic) bond motifs is 1. The fourth-order valence-electron chi connectivity index (χ4n) is 3.70. The minimum absolute atomic E-state index is 0.0709. The molecule has 0 radical (unpaired) electrons. The van der Waals surface area contributed by atoms with Crippen molar-refractivity contribution in [3.8, 4) is 0 Å². The van der Waals surface area contributed by atoms with Gasteiger partial charge in [0, 0.05) is 18.4 Å². The molecule has 152 valence electrons. The van der Waals surface area contributed by atoms with Gasteiger partial charge in [-0.15, -0.1) is 0 Å². The molecule has 2 aliphatic rings. The van der Waals surface area contributed by atoms with Crippen LogP contribution in [0.25, 0.3) is 0 Å². The predicted octanol–water partition coefficient (Wildman–Crippen LogP) is 4.11. The third-order valence-electron chi connectivity index (χ3n) is 6.40. The normalized spacial score (nSPS) is 31.0. The van der Waals surface area contributed by atoms with E-state index in [1.54, 1.807) is 13.0 Å². The lowest BCUT2D eigenvalue weighted by molar-refractivity contribution is -0.158. The first-order chi connectivity index (χ1) is 12.4. The van der Waals surface area contributed by atoms with Gasteiger partial charge in [0.1, 0.15) is 6.10 Å². The van der Waals surface area contributed by atoms with Gasteiger partial charge in [0.15, 0.2) is 8.32 Å². The molecule has 0 amide bonds. The summed E-state index contributed by atoms with van der Waals surface area (Å²) in [7, 11) is -1.98. The van der Waals surface area contributed by atoms with E-state index in [1.165, 1.54) is 0 Å². The van der Waals surface area contributed by atoms with Gasteiger partial charge in [-0.25, -0.2) is 0 Å². The average molecular weight is 395 g/mol. The Morgan fingerprint density at radius 2 is 2.00 bits per heavy atom. The molecular formula is C21H34O5Si.